The topological polar surface area (TPSA) is 113 Å². The summed E-state index contributed by atoms with van der Waals surface area (Å²) in [6.45, 7) is 3.13. The predicted molar refractivity (Wildman–Crippen MR) is 78.1 cm³/mol. The first-order chi connectivity index (χ1) is 9.69. The molecular weight excluding hydrogens is 296 g/mol. The highest BCUT2D eigenvalue weighted by Gasteiger charge is 2.21. The Balaban J connectivity index is 2.98. The van der Waals surface area contributed by atoms with Crippen LogP contribution in [0.5, 0.6) is 0 Å². The van der Waals surface area contributed by atoms with Crippen LogP contribution >= 0.6 is 0 Å². The quantitative estimate of drug-likeness (QED) is 0.698. The van der Waals surface area contributed by atoms with Crippen LogP contribution in [0.1, 0.15) is 31.8 Å². The van der Waals surface area contributed by atoms with Crippen LogP contribution in [-0.4, -0.2) is 44.7 Å². The Hall–Kier alpha value is -1.93. The zero-order valence-electron chi connectivity index (χ0n) is 12.1. The van der Waals surface area contributed by atoms with E-state index in [-0.39, 0.29) is 23.4 Å². The molecule has 0 fully saturated rings. The SMILES string of the molecule is CNS(=O)(=O)CCNC(=O)c1c(C)ccc(C)c1C(=O)O. The number of amides is 1. The number of benzene rings is 1. The van der Waals surface area contributed by atoms with Gasteiger partial charge in [0.25, 0.3) is 5.91 Å². The number of nitrogens with one attached hydrogen (secondary N) is 2. The number of carbonyl (C=O) groups excluding carboxylic acids is 1. The van der Waals surface area contributed by atoms with Gasteiger partial charge in [-0.1, -0.05) is 12.1 Å². The van der Waals surface area contributed by atoms with Crippen LogP contribution in [0.15, 0.2) is 12.1 Å². The fourth-order valence-corrected chi connectivity index (χ4v) is 2.44. The number of carboxylic acids is 1. The summed E-state index contributed by atoms with van der Waals surface area (Å²) in [6, 6.07) is 3.28. The molecule has 0 aliphatic heterocycles. The summed E-state index contributed by atoms with van der Waals surface area (Å²) in [5, 5.41) is 11.7. The molecule has 0 heterocycles. The second-order valence-electron chi connectivity index (χ2n) is 4.53. The van der Waals surface area contributed by atoms with Crippen LogP contribution in [0, 0.1) is 13.8 Å². The molecule has 0 radical (unpaired) electrons. The van der Waals surface area contributed by atoms with Gasteiger partial charge in [0, 0.05) is 6.54 Å². The second kappa shape index (κ2) is 6.68. The summed E-state index contributed by atoms with van der Waals surface area (Å²) in [7, 11) is -2.14. The average molecular weight is 314 g/mol. The minimum atomic E-state index is -3.42. The molecule has 0 bridgehead atoms. The molecule has 1 rings (SSSR count). The normalized spacial score (nSPS) is 11.2. The number of aromatic carboxylic acids is 1. The van der Waals surface area contributed by atoms with E-state index in [1.165, 1.54) is 7.05 Å². The van der Waals surface area contributed by atoms with E-state index in [4.69, 9.17) is 0 Å². The fourth-order valence-electron chi connectivity index (χ4n) is 1.87. The monoisotopic (exact) mass is 314 g/mol. The molecule has 0 aromatic heterocycles. The number of hydrogen-bond acceptors (Lipinski definition) is 4. The summed E-state index contributed by atoms with van der Waals surface area (Å²) in [5.74, 6) is -2.06. The van der Waals surface area contributed by atoms with Crippen molar-refractivity contribution in [3.8, 4) is 0 Å². The van der Waals surface area contributed by atoms with Gasteiger partial charge in [-0.05, 0) is 32.0 Å². The van der Waals surface area contributed by atoms with Crippen molar-refractivity contribution in [3.05, 3.63) is 34.4 Å². The van der Waals surface area contributed by atoms with Gasteiger partial charge in [0.2, 0.25) is 10.0 Å². The van der Waals surface area contributed by atoms with Gasteiger partial charge in [-0.15, -0.1) is 0 Å². The molecule has 116 valence electrons. The van der Waals surface area contributed by atoms with E-state index in [9.17, 15) is 23.1 Å². The fraction of sp³-hybridized carbons (Fsp3) is 0.385. The first-order valence-electron chi connectivity index (χ1n) is 6.22. The van der Waals surface area contributed by atoms with E-state index < -0.39 is 21.9 Å². The maximum atomic E-state index is 12.1. The molecule has 7 nitrogen and oxygen atoms in total. The van der Waals surface area contributed by atoms with Crippen LogP contribution in [0.2, 0.25) is 0 Å². The minimum absolute atomic E-state index is 0.0596. The number of sulfonamides is 1. The van der Waals surface area contributed by atoms with Crippen LogP contribution in [0.4, 0.5) is 0 Å². The maximum absolute atomic E-state index is 12.1. The Morgan fingerprint density at radius 3 is 2.14 bits per heavy atom. The van der Waals surface area contributed by atoms with Gasteiger partial charge in [0.05, 0.1) is 16.9 Å². The van der Waals surface area contributed by atoms with Crippen molar-refractivity contribution in [3.63, 3.8) is 0 Å². The summed E-state index contributed by atoms with van der Waals surface area (Å²) < 4.78 is 24.6. The Bertz CT molecular complexity index is 667. The highest BCUT2D eigenvalue weighted by Crippen LogP contribution is 2.18. The van der Waals surface area contributed by atoms with Gasteiger partial charge in [0.15, 0.2) is 0 Å². The first-order valence-corrected chi connectivity index (χ1v) is 7.87. The second-order valence-corrected chi connectivity index (χ2v) is 6.58. The third kappa shape index (κ3) is 4.27. The van der Waals surface area contributed by atoms with Crippen molar-refractivity contribution in [2.75, 3.05) is 19.3 Å². The summed E-state index contributed by atoms with van der Waals surface area (Å²) in [6.07, 6.45) is 0. The smallest absolute Gasteiger partial charge is 0.336 e. The molecule has 0 saturated heterocycles. The Morgan fingerprint density at radius 2 is 1.67 bits per heavy atom. The lowest BCUT2D eigenvalue weighted by molar-refractivity contribution is 0.0690. The lowest BCUT2D eigenvalue weighted by Crippen LogP contribution is -2.34. The molecule has 1 aromatic rings. The molecule has 1 amide bonds. The van der Waals surface area contributed by atoms with Gasteiger partial charge in [-0.2, -0.15) is 0 Å². The summed E-state index contributed by atoms with van der Waals surface area (Å²) in [5.41, 5.74) is 0.987. The number of aryl methyl sites for hydroxylation is 2. The Kier molecular flexibility index (Phi) is 5.45. The van der Waals surface area contributed by atoms with Crippen LogP contribution in [0.3, 0.4) is 0 Å². The zero-order valence-corrected chi connectivity index (χ0v) is 12.9. The van der Waals surface area contributed by atoms with Crippen LogP contribution in [0.25, 0.3) is 0 Å². The number of carbonyl (C=O) groups is 2. The van der Waals surface area contributed by atoms with Crippen molar-refractivity contribution < 1.29 is 23.1 Å². The van der Waals surface area contributed by atoms with E-state index in [0.717, 1.165) is 0 Å². The average Bonchev–Trinajstić information content (AvgIpc) is 2.40. The minimum Gasteiger partial charge on any atom is -0.478 e. The predicted octanol–water partition coefficient (Wildman–Crippen LogP) is 0.281. The molecule has 0 atom stereocenters. The molecule has 3 N–H and O–H groups in total. The van der Waals surface area contributed by atoms with Crippen molar-refractivity contribution >= 4 is 21.9 Å². The standard InChI is InChI=1S/C13H18N2O5S/c1-8-4-5-9(2)11(13(17)18)10(8)12(16)15-6-7-21(19,20)14-3/h4-5,14H,6-7H2,1-3H3,(H,15,16)(H,17,18). The molecule has 8 heteroatoms. The van der Waals surface area contributed by atoms with Gasteiger partial charge >= 0.3 is 5.97 Å². The zero-order chi connectivity index (χ0) is 16.2. The van der Waals surface area contributed by atoms with E-state index in [2.05, 4.69) is 10.0 Å². The molecular formula is C13H18N2O5S. The molecule has 21 heavy (non-hydrogen) atoms. The molecule has 1 aromatic carbocycles. The van der Waals surface area contributed by atoms with Gasteiger partial charge in [-0.3, -0.25) is 4.79 Å². The molecule has 0 aliphatic rings. The van der Waals surface area contributed by atoms with Crippen molar-refractivity contribution in [2.24, 2.45) is 0 Å². The molecule has 0 saturated carbocycles. The van der Waals surface area contributed by atoms with E-state index in [1.807, 2.05) is 0 Å². The van der Waals surface area contributed by atoms with Crippen molar-refractivity contribution in [1.82, 2.24) is 10.0 Å². The van der Waals surface area contributed by atoms with Crippen LogP contribution in [-0.2, 0) is 10.0 Å². The molecule has 0 unspecified atom stereocenters. The van der Waals surface area contributed by atoms with Crippen molar-refractivity contribution in [1.29, 1.82) is 0 Å². The Morgan fingerprint density at radius 1 is 1.14 bits per heavy atom. The number of rotatable bonds is 6. The van der Waals surface area contributed by atoms with Crippen LogP contribution < -0.4 is 10.0 Å². The number of hydrogen-bond donors (Lipinski definition) is 3. The summed E-state index contributed by atoms with van der Waals surface area (Å²) >= 11 is 0. The van der Waals surface area contributed by atoms with Gasteiger partial charge < -0.3 is 10.4 Å². The molecule has 0 spiro atoms. The molecule has 0 aliphatic carbocycles. The highest BCUT2D eigenvalue weighted by molar-refractivity contribution is 7.89. The van der Waals surface area contributed by atoms with Gasteiger partial charge in [0.1, 0.15) is 0 Å². The van der Waals surface area contributed by atoms with Gasteiger partial charge in [-0.25, -0.2) is 17.9 Å². The highest BCUT2D eigenvalue weighted by atomic mass is 32.2. The van der Waals surface area contributed by atoms with E-state index >= 15 is 0 Å². The lowest BCUT2D eigenvalue weighted by atomic mass is 9.96. The third-order valence-corrected chi connectivity index (χ3v) is 4.39. The largest absolute Gasteiger partial charge is 0.478 e. The summed E-state index contributed by atoms with van der Waals surface area (Å²) in [4.78, 5) is 23.4. The Labute approximate surface area is 123 Å². The number of carboxylic acid groups (broad SMARTS) is 1. The first kappa shape index (κ1) is 17.1. The lowest BCUT2D eigenvalue weighted by Gasteiger charge is -2.12. The third-order valence-electron chi connectivity index (χ3n) is 3.03. The van der Waals surface area contributed by atoms with Crippen molar-refractivity contribution in [2.45, 2.75) is 13.8 Å². The maximum Gasteiger partial charge on any atom is 0.336 e. The van der Waals surface area contributed by atoms with E-state index in [0.29, 0.717) is 11.1 Å². The van der Waals surface area contributed by atoms with E-state index in [1.54, 1.807) is 26.0 Å².